The second-order valence-corrected chi connectivity index (χ2v) is 4.96. The van der Waals surface area contributed by atoms with E-state index in [0.29, 0.717) is 17.7 Å². The number of fused-ring (bicyclic) bond motifs is 3. The fourth-order valence-electron chi connectivity index (χ4n) is 3.16. The Hall–Kier alpha value is -1.22. The van der Waals surface area contributed by atoms with Crippen molar-refractivity contribution < 1.29 is 5.11 Å². The Balaban J connectivity index is 1.91. The van der Waals surface area contributed by atoms with Gasteiger partial charge in [-0.1, -0.05) is 12.1 Å². The molecule has 3 rings (SSSR count). The van der Waals surface area contributed by atoms with E-state index >= 15 is 0 Å². The van der Waals surface area contributed by atoms with Crippen molar-refractivity contribution in [3.05, 3.63) is 23.8 Å². The molecule has 2 unspecified atom stereocenters. The molecule has 0 aliphatic carbocycles. The number of aromatic hydroxyl groups is 1. The van der Waals surface area contributed by atoms with Gasteiger partial charge in [0.25, 0.3) is 0 Å². The molecule has 1 aromatic rings. The molecule has 1 fully saturated rings. The molecule has 2 heterocycles. The third-order valence-corrected chi connectivity index (χ3v) is 4.00. The van der Waals surface area contributed by atoms with Gasteiger partial charge in [0.1, 0.15) is 5.75 Å². The van der Waals surface area contributed by atoms with Crippen molar-refractivity contribution in [3.8, 4) is 5.75 Å². The first-order valence-corrected chi connectivity index (χ1v) is 6.07. The van der Waals surface area contributed by atoms with Gasteiger partial charge in [-0.15, -0.1) is 0 Å². The van der Waals surface area contributed by atoms with Crippen LogP contribution in [0.3, 0.4) is 0 Å². The van der Waals surface area contributed by atoms with Crippen LogP contribution in [0.25, 0.3) is 0 Å². The fraction of sp³-hybridized carbons (Fsp3) is 0.538. The second kappa shape index (κ2) is 3.67. The first-order chi connectivity index (χ1) is 7.79. The zero-order chi connectivity index (χ0) is 11.1. The molecule has 0 bridgehead atoms. The van der Waals surface area contributed by atoms with Gasteiger partial charge in [0, 0.05) is 12.6 Å². The molecule has 0 aromatic heterocycles. The Kier molecular flexibility index (Phi) is 2.28. The normalized spacial score (nSPS) is 27.7. The molecule has 3 N–H and O–H groups in total. The van der Waals surface area contributed by atoms with E-state index < -0.39 is 0 Å². The number of benzene rings is 1. The summed E-state index contributed by atoms with van der Waals surface area (Å²) in [6.45, 7) is 1.84. The van der Waals surface area contributed by atoms with E-state index in [0.717, 1.165) is 31.6 Å². The summed E-state index contributed by atoms with van der Waals surface area (Å²) in [5.74, 6) is 1.10. The van der Waals surface area contributed by atoms with Crippen LogP contribution in [0.2, 0.25) is 0 Å². The van der Waals surface area contributed by atoms with Crippen LogP contribution in [0.15, 0.2) is 18.2 Å². The van der Waals surface area contributed by atoms with Crippen molar-refractivity contribution in [1.29, 1.82) is 0 Å². The number of piperidine rings is 1. The molecule has 16 heavy (non-hydrogen) atoms. The van der Waals surface area contributed by atoms with Gasteiger partial charge in [-0.3, -0.25) is 0 Å². The number of hydrogen-bond acceptors (Lipinski definition) is 3. The van der Waals surface area contributed by atoms with E-state index in [1.54, 1.807) is 6.07 Å². The lowest BCUT2D eigenvalue weighted by Gasteiger charge is -2.36. The van der Waals surface area contributed by atoms with Gasteiger partial charge < -0.3 is 15.7 Å². The minimum absolute atomic E-state index is 0.436. The summed E-state index contributed by atoms with van der Waals surface area (Å²) in [6.07, 6.45) is 3.39. The van der Waals surface area contributed by atoms with E-state index in [9.17, 15) is 5.11 Å². The third kappa shape index (κ3) is 1.39. The SMILES string of the molecule is NCC1CCN2c3c(O)cccc3CC2C1. The molecular weight excluding hydrogens is 200 g/mol. The van der Waals surface area contributed by atoms with Gasteiger partial charge in [0.05, 0.1) is 5.69 Å². The Bertz CT molecular complexity index is 405. The van der Waals surface area contributed by atoms with Crippen molar-refractivity contribution in [2.75, 3.05) is 18.0 Å². The molecule has 3 heteroatoms. The third-order valence-electron chi connectivity index (χ3n) is 4.00. The molecule has 1 aromatic carbocycles. The number of anilines is 1. The number of para-hydroxylation sites is 1. The highest BCUT2D eigenvalue weighted by Crippen LogP contribution is 2.43. The standard InChI is InChI=1S/C13H18N2O/c14-8-9-4-5-15-11(6-9)7-10-2-1-3-12(16)13(10)15/h1-3,9,11,16H,4-8,14H2. The molecule has 0 saturated carbocycles. The van der Waals surface area contributed by atoms with E-state index in [4.69, 9.17) is 5.73 Å². The first kappa shape index (κ1) is 9.97. The second-order valence-electron chi connectivity index (χ2n) is 4.96. The Labute approximate surface area is 95.9 Å². The van der Waals surface area contributed by atoms with Crippen LogP contribution in [-0.4, -0.2) is 24.2 Å². The maximum atomic E-state index is 9.93. The lowest BCUT2D eigenvalue weighted by molar-refractivity contribution is 0.354. The Morgan fingerprint density at radius 3 is 3.12 bits per heavy atom. The molecule has 2 aliphatic rings. The summed E-state index contributed by atoms with van der Waals surface area (Å²) in [5.41, 5.74) is 8.12. The van der Waals surface area contributed by atoms with E-state index in [-0.39, 0.29) is 0 Å². The van der Waals surface area contributed by atoms with Crippen molar-refractivity contribution in [2.24, 2.45) is 11.7 Å². The molecule has 2 aliphatic heterocycles. The van der Waals surface area contributed by atoms with Gasteiger partial charge >= 0.3 is 0 Å². The minimum Gasteiger partial charge on any atom is -0.506 e. The van der Waals surface area contributed by atoms with Crippen molar-refractivity contribution in [2.45, 2.75) is 25.3 Å². The number of hydrogen-bond donors (Lipinski definition) is 2. The summed E-state index contributed by atoms with van der Waals surface area (Å²) < 4.78 is 0. The molecule has 2 atom stereocenters. The van der Waals surface area contributed by atoms with Gasteiger partial charge in [0.15, 0.2) is 0 Å². The van der Waals surface area contributed by atoms with E-state index in [2.05, 4.69) is 11.0 Å². The molecular formula is C13H18N2O. The zero-order valence-electron chi connectivity index (χ0n) is 9.39. The van der Waals surface area contributed by atoms with Crippen molar-refractivity contribution >= 4 is 5.69 Å². The van der Waals surface area contributed by atoms with Gasteiger partial charge in [0.2, 0.25) is 0 Å². The van der Waals surface area contributed by atoms with Crippen LogP contribution in [0, 0.1) is 5.92 Å². The lowest BCUT2D eigenvalue weighted by Crippen LogP contribution is -2.41. The maximum Gasteiger partial charge on any atom is 0.139 e. The summed E-state index contributed by atoms with van der Waals surface area (Å²) in [7, 11) is 0. The molecule has 0 radical (unpaired) electrons. The van der Waals surface area contributed by atoms with Crippen molar-refractivity contribution in [1.82, 2.24) is 0 Å². The number of nitrogens with two attached hydrogens (primary N) is 1. The van der Waals surface area contributed by atoms with Crippen LogP contribution in [0.4, 0.5) is 5.69 Å². The average molecular weight is 218 g/mol. The number of phenolic OH excluding ortho intramolecular Hbond substituents is 1. The molecule has 86 valence electrons. The number of nitrogens with zero attached hydrogens (tertiary/aromatic N) is 1. The molecule has 0 spiro atoms. The quantitative estimate of drug-likeness (QED) is 0.751. The predicted octanol–water partition coefficient (Wildman–Crippen LogP) is 1.49. The highest BCUT2D eigenvalue weighted by atomic mass is 16.3. The minimum atomic E-state index is 0.436. The van der Waals surface area contributed by atoms with E-state index in [1.807, 2.05) is 6.07 Å². The first-order valence-electron chi connectivity index (χ1n) is 6.07. The van der Waals surface area contributed by atoms with E-state index in [1.165, 1.54) is 12.0 Å². The average Bonchev–Trinajstić information content (AvgIpc) is 2.67. The van der Waals surface area contributed by atoms with Crippen LogP contribution in [0.1, 0.15) is 18.4 Å². The zero-order valence-corrected chi connectivity index (χ0v) is 9.39. The highest BCUT2D eigenvalue weighted by molar-refractivity contribution is 5.67. The summed E-state index contributed by atoms with van der Waals surface area (Å²) in [4.78, 5) is 2.37. The topological polar surface area (TPSA) is 49.5 Å². The maximum absolute atomic E-state index is 9.93. The largest absolute Gasteiger partial charge is 0.506 e. The molecule has 0 amide bonds. The van der Waals surface area contributed by atoms with Crippen LogP contribution >= 0.6 is 0 Å². The van der Waals surface area contributed by atoms with Crippen molar-refractivity contribution in [3.63, 3.8) is 0 Å². The highest BCUT2D eigenvalue weighted by Gasteiger charge is 2.35. The van der Waals surface area contributed by atoms with Gasteiger partial charge in [-0.25, -0.2) is 0 Å². The lowest BCUT2D eigenvalue weighted by atomic mass is 9.91. The smallest absolute Gasteiger partial charge is 0.139 e. The summed E-state index contributed by atoms with van der Waals surface area (Å²) >= 11 is 0. The van der Waals surface area contributed by atoms with Crippen LogP contribution < -0.4 is 10.6 Å². The van der Waals surface area contributed by atoms with Gasteiger partial charge in [-0.2, -0.15) is 0 Å². The monoisotopic (exact) mass is 218 g/mol. The molecule has 1 saturated heterocycles. The summed E-state index contributed by atoms with van der Waals surface area (Å²) in [6, 6.07) is 6.42. The van der Waals surface area contributed by atoms with Crippen LogP contribution in [-0.2, 0) is 6.42 Å². The number of phenols is 1. The summed E-state index contributed by atoms with van der Waals surface area (Å²) in [5, 5.41) is 9.93. The fourth-order valence-corrected chi connectivity index (χ4v) is 3.16. The number of rotatable bonds is 1. The van der Waals surface area contributed by atoms with Gasteiger partial charge in [-0.05, 0) is 43.4 Å². The molecule has 3 nitrogen and oxygen atoms in total. The Morgan fingerprint density at radius 1 is 1.44 bits per heavy atom. The Morgan fingerprint density at radius 2 is 2.31 bits per heavy atom. The van der Waals surface area contributed by atoms with Crippen LogP contribution in [0.5, 0.6) is 5.75 Å². The predicted molar refractivity (Wildman–Crippen MR) is 64.7 cm³/mol.